The largest absolute Gasteiger partial charge is 0.330 e. The molecule has 1 aromatic rings. The Morgan fingerprint density at radius 1 is 1.80 bits per heavy atom. The minimum Gasteiger partial charge on any atom is -0.330 e. The van der Waals surface area contributed by atoms with Gasteiger partial charge in [-0.05, 0) is 24.9 Å². The molecule has 0 amide bonds. The van der Waals surface area contributed by atoms with Crippen LogP contribution >= 0.6 is 0 Å². The summed E-state index contributed by atoms with van der Waals surface area (Å²) < 4.78 is 0. The third kappa shape index (κ3) is 1.57. The maximum Gasteiger partial charge on any atom is 0.0490 e. The van der Waals surface area contributed by atoms with Gasteiger partial charge in [-0.1, -0.05) is 6.92 Å². The van der Waals surface area contributed by atoms with Gasteiger partial charge in [0.05, 0.1) is 0 Å². The Bertz CT molecular complexity index is 169. The van der Waals surface area contributed by atoms with E-state index in [4.69, 9.17) is 5.73 Å². The second kappa shape index (κ2) is 3.37. The Balaban J connectivity index is 2.50. The minimum absolute atomic E-state index is 0.507. The second-order valence-electron chi connectivity index (χ2n) is 2.49. The van der Waals surface area contributed by atoms with E-state index in [1.165, 1.54) is 5.69 Å². The molecule has 1 heterocycles. The summed E-state index contributed by atoms with van der Waals surface area (Å²) in [6.07, 6.45) is 2.78. The Hall–Kier alpha value is -0.830. The van der Waals surface area contributed by atoms with Crippen molar-refractivity contribution in [3.8, 4) is 0 Å². The Labute approximate surface area is 60.6 Å². The summed E-state index contributed by atoms with van der Waals surface area (Å²) >= 11 is 0. The van der Waals surface area contributed by atoms with Crippen LogP contribution in [0.5, 0.6) is 0 Å². The Morgan fingerprint density at radius 2 is 2.60 bits per heavy atom. The molecular weight excluding hydrogens is 126 g/mol. The summed E-state index contributed by atoms with van der Waals surface area (Å²) in [5.41, 5.74) is 6.57. The topological polar surface area (TPSA) is 54.7 Å². The van der Waals surface area contributed by atoms with Crippen molar-refractivity contribution in [1.29, 1.82) is 0 Å². The van der Waals surface area contributed by atoms with Gasteiger partial charge in [0, 0.05) is 11.9 Å². The molecule has 1 aromatic heterocycles. The van der Waals surface area contributed by atoms with Gasteiger partial charge in [-0.15, -0.1) is 0 Å². The summed E-state index contributed by atoms with van der Waals surface area (Å²) in [5, 5.41) is 6.78. The fourth-order valence-corrected chi connectivity index (χ4v) is 0.947. The van der Waals surface area contributed by atoms with Crippen LogP contribution < -0.4 is 5.73 Å². The van der Waals surface area contributed by atoms with Gasteiger partial charge >= 0.3 is 0 Å². The fraction of sp³-hybridized carbons (Fsp3) is 0.571. The van der Waals surface area contributed by atoms with Gasteiger partial charge in [-0.2, -0.15) is 5.10 Å². The number of nitrogens with zero attached hydrogens (tertiary/aromatic N) is 1. The molecule has 0 aliphatic heterocycles. The lowest BCUT2D eigenvalue weighted by Gasteiger charge is -2.04. The van der Waals surface area contributed by atoms with Crippen LogP contribution in [-0.4, -0.2) is 16.7 Å². The molecule has 0 saturated heterocycles. The molecule has 56 valence electrons. The number of nitrogens with one attached hydrogen (secondary N) is 1. The van der Waals surface area contributed by atoms with Crippen LogP contribution in [0.3, 0.4) is 0 Å². The van der Waals surface area contributed by atoms with Crippen LogP contribution in [0.1, 0.15) is 25.0 Å². The third-order valence-corrected chi connectivity index (χ3v) is 1.65. The lowest BCUT2D eigenvalue weighted by Crippen LogP contribution is -2.04. The van der Waals surface area contributed by atoms with E-state index >= 15 is 0 Å². The number of aromatic nitrogens is 2. The highest BCUT2D eigenvalue weighted by Gasteiger charge is 2.03. The number of hydrogen-bond donors (Lipinski definition) is 2. The molecule has 3 nitrogen and oxygen atoms in total. The maximum atomic E-state index is 5.40. The zero-order valence-electron chi connectivity index (χ0n) is 6.17. The first-order chi connectivity index (χ1) is 4.84. The zero-order chi connectivity index (χ0) is 7.40. The second-order valence-corrected chi connectivity index (χ2v) is 2.49. The highest BCUT2D eigenvalue weighted by molar-refractivity contribution is 5.03. The molecule has 0 spiro atoms. The van der Waals surface area contributed by atoms with Crippen molar-refractivity contribution in [2.45, 2.75) is 19.3 Å². The SMILES string of the molecule is CC(CCN)c1ccn[nH]1. The standard InChI is InChI=1S/C7H13N3/c1-6(2-4-8)7-3-5-9-10-7/h3,5-6H,2,4,8H2,1H3,(H,9,10). The predicted molar refractivity (Wildman–Crippen MR) is 40.7 cm³/mol. The summed E-state index contributed by atoms with van der Waals surface area (Å²) in [5.74, 6) is 0.507. The van der Waals surface area contributed by atoms with Gasteiger partial charge in [-0.3, -0.25) is 5.10 Å². The van der Waals surface area contributed by atoms with Gasteiger partial charge in [0.15, 0.2) is 0 Å². The minimum atomic E-state index is 0.507. The predicted octanol–water partition coefficient (Wildman–Crippen LogP) is 0.862. The molecule has 0 bridgehead atoms. The van der Waals surface area contributed by atoms with Crippen LogP contribution in [0.2, 0.25) is 0 Å². The van der Waals surface area contributed by atoms with E-state index < -0.39 is 0 Å². The van der Waals surface area contributed by atoms with Crippen molar-refractivity contribution in [3.63, 3.8) is 0 Å². The zero-order valence-corrected chi connectivity index (χ0v) is 6.17. The first kappa shape index (κ1) is 7.28. The molecule has 3 N–H and O–H groups in total. The molecule has 1 rings (SSSR count). The van der Waals surface area contributed by atoms with Crippen LogP contribution in [-0.2, 0) is 0 Å². The molecule has 0 saturated carbocycles. The quantitative estimate of drug-likeness (QED) is 0.652. The van der Waals surface area contributed by atoms with Gasteiger partial charge in [0.25, 0.3) is 0 Å². The molecule has 3 heteroatoms. The van der Waals surface area contributed by atoms with Crippen LogP contribution in [0.25, 0.3) is 0 Å². The molecule has 0 aliphatic carbocycles. The lowest BCUT2D eigenvalue weighted by molar-refractivity contribution is 0.667. The van der Waals surface area contributed by atoms with Crippen molar-refractivity contribution >= 4 is 0 Å². The molecule has 1 atom stereocenters. The van der Waals surface area contributed by atoms with E-state index in [9.17, 15) is 0 Å². The van der Waals surface area contributed by atoms with E-state index in [2.05, 4.69) is 17.1 Å². The smallest absolute Gasteiger partial charge is 0.0490 e. The van der Waals surface area contributed by atoms with Gasteiger partial charge in [0.2, 0.25) is 0 Å². The summed E-state index contributed by atoms with van der Waals surface area (Å²) in [6.45, 7) is 2.88. The van der Waals surface area contributed by atoms with E-state index in [1.54, 1.807) is 6.20 Å². The monoisotopic (exact) mass is 139 g/mol. The molecule has 0 aliphatic rings. The normalized spacial score (nSPS) is 13.4. The number of rotatable bonds is 3. The van der Waals surface area contributed by atoms with Gasteiger partial charge in [0.1, 0.15) is 0 Å². The van der Waals surface area contributed by atoms with Crippen molar-refractivity contribution in [1.82, 2.24) is 10.2 Å². The van der Waals surface area contributed by atoms with Crippen LogP contribution in [0, 0.1) is 0 Å². The van der Waals surface area contributed by atoms with Crippen molar-refractivity contribution in [3.05, 3.63) is 18.0 Å². The summed E-state index contributed by atoms with van der Waals surface area (Å²) in [4.78, 5) is 0. The van der Waals surface area contributed by atoms with E-state index in [0.29, 0.717) is 5.92 Å². The number of hydrogen-bond acceptors (Lipinski definition) is 2. The number of H-pyrrole nitrogens is 1. The Morgan fingerprint density at radius 3 is 3.10 bits per heavy atom. The van der Waals surface area contributed by atoms with Gasteiger partial charge in [-0.25, -0.2) is 0 Å². The molecule has 0 fully saturated rings. The first-order valence-corrected chi connectivity index (χ1v) is 3.54. The number of aromatic amines is 1. The van der Waals surface area contributed by atoms with E-state index in [-0.39, 0.29) is 0 Å². The molecule has 0 aromatic carbocycles. The third-order valence-electron chi connectivity index (χ3n) is 1.65. The molecular formula is C7H13N3. The average Bonchev–Trinajstić information content (AvgIpc) is 2.38. The van der Waals surface area contributed by atoms with Crippen molar-refractivity contribution in [2.75, 3.05) is 6.54 Å². The number of nitrogens with two attached hydrogens (primary N) is 1. The average molecular weight is 139 g/mol. The molecule has 10 heavy (non-hydrogen) atoms. The summed E-state index contributed by atoms with van der Waals surface area (Å²) in [6, 6.07) is 1.99. The fourth-order valence-electron chi connectivity index (χ4n) is 0.947. The maximum absolute atomic E-state index is 5.40. The van der Waals surface area contributed by atoms with Crippen LogP contribution in [0.15, 0.2) is 12.3 Å². The summed E-state index contributed by atoms with van der Waals surface area (Å²) in [7, 11) is 0. The lowest BCUT2D eigenvalue weighted by atomic mass is 10.1. The molecule has 1 unspecified atom stereocenters. The van der Waals surface area contributed by atoms with Crippen molar-refractivity contribution < 1.29 is 0 Å². The Kier molecular flexibility index (Phi) is 2.45. The van der Waals surface area contributed by atoms with E-state index in [1.807, 2.05) is 6.07 Å². The highest BCUT2D eigenvalue weighted by Crippen LogP contribution is 2.13. The van der Waals surface area contributed by atoms with E-state index in [0.717, 1.165) is 13.0 Å². The van der Waals surface area contributed by atoms with Crippen LogP contribution in [0.4, 0.5) is 0 Å². The highest BCUT2D eigenvalue weighted by atomic mass is 15.1. The van der Waals surface area contributed by atoms with Crippen molar-refractivity contribution in [2.24, 2.45) is 5.73 Å². The molecule has 0 radical (unpaired) electrons. The first-order valence-electron chi connectivity index (χ1n) is 3.54. The van der Waals surface area contributed by atoms with Gasteiger partial charge < -0.3 is 5.73 Å².